The first-order chi connectivity index (χ1) is 16.8. The fourth-order valence-corrected chi connectivity index (χ4v) is 4.42. The first-order valence-corrected chi connectivity index (χ1v) is 12.4. The molecule has 0 spiro atoms. The molecule has 0 saturated heterocycles. The summed E-state index contributed by atoms with van der Waals surface area (Å²) in [4.78, 5) is 18.2. The predicted molar refractivity (Wildman–Crippen MR) is 146 cm³/mol. The van der Waals surface area contributed by atoms with Gasteiger partial charge in [-0.2, -0.15) is 9.78 Å². The summed E-state index contributed by atoms with van der Waals surface area (Å²) in [6.45, 7) is 12.4. The average molecular weight is 533 g/mol. The molecule has 7 heteroatoms. The Bertz CT molecular complexity index is 1470. The van der Waals surface area contributed by atoms with E-state index in [4.69, 9.17) is 9.72 Å². The van der Waals surface area contributed by atoms with Gasteiger partial charge in [-0.05, 0) is 68.8 Å². The molecule has 2 heterocycles. The normalized spacial score (nSPS) is 12.4. The molecular formula is C28H29BrN4O2. The molecule has 35 heavy (non-hydrogen) atoms. The predicted octanol–water partition coefficient (Wildman–Crippen LogP) is 6.53. The lowest BCUT2D eigenvalue weighted by Gasteiger charge is -2.14. The van der Waals surface area contributed by atoms with E-state index in [0.717, 1.165) is 39.3 Å². The molecule has 0 N–H and O–H groups in total. The fourth-order valence-electron chi connectivity index (χ4n) is 4.06. The summed E-state index contributed by atoms with van der Waals surface area (Å²) in [7, 11) is 0. The van der Waals surface area contributed by atoms with Crippen molar-refractivity contribution in [1.82, 2.24) is 14.2 Å². The van der Waals surface area contributed by atoms with Crippen LogP contribution in [0.15, 0.2) is 75.6 Å². The largest absolute Gasteiger partial charge is 0.490 e. The molecular weight excluding hydrogens is 504 g/mol. The number of aryl methyl sites for hydroxylation is 1. The van der Waals surface area contributed by atoms with Gasteiger partial charge in [-0.25, -0.2) is 4.98 Å². The van der Waals surface area contributed by atoms with Crippen molar-refractivity contribution in [1.29, 1.82) is 0 Å². The number of halogens is 1. The maximum absolute atomic E-state index is 13.4. The Morgan fingerprint density at radius 3 is 2.60 bits per heavy atom. The summed E-state index contributed by atoms with van der Waals surface area (Å²) >= 11 is 3.46. The van der Waals surface area contributed by atoms with E-state index < -0.39 is 0 Å². The van der Waals surface area contributed by atoms with Gasteiger partial charge in [0.1, 0.15) is 18.2 Å². The minimum absolute atomic E-state index is 0.0853. The first kappa shape index (κ1) is 24.7. The van der Waals surface area contributed by atoms with Crippen molar-refractivity contribution < 1.29 is 4.74 Å². The molecule has 2 aromatic carbocycles. The molecule has 6 nitrogen and oxygen atoms in total. The van der Waals surface area contributed by atoms with Gasteiger partial charge in [0.05, 0.1) is 17.1 Å². The third kappa shape index (κ3) is 5.00. The van der Waals surface area contributed by atoms with Gasteiger partial charge < -0.3 is 9.30 Å². The van der Waals surface area contributed by atoms with Crippen LogP contribution in [0.4, 0.5) is 0 Å². The number of fused-ring (bicyclic) bond motifs is 1. The van der Waals surface area contributed by atoms with E-state index in [1.165, 1.54) is 4.68 Å². The zero-order chi connectivity index (χ0) is 25.1. The van der Waals surface area contributed by atoms with Crippen LogP contribution in [0.2, 0.25) is 0 Å². The third-order valence-corrected chi connectivity index (χ3v) is 6.63. The lowest BCUT2D eigenvalue weighted by molar-refractivity contribution is 0.363. The Labute approximate surface area is 213 Å². The molecule has 0 fully saturated rings. The summed E-state index contributed by atoms with van der Waals surface area (Å²) < 4.78 is 10.0. The third-order valence-electron chi connectivity index (χ3n) is 6.13. The second-order valence-corrected chi connectivity index (χ2v) is 9.47. The minimum atomic E-state index is -0.174. The van der Waals surface area contributed by atoms with E-state index in [1.807, 2.05) is 43.3 Å². The van der Waals surface area contributed by atoms with Crippen LogP contribution in [0, 0.1) is 13.8 Å². The molecule has 4 aromatic rings. The van der Waals surface area contributed by atoms with Crippen molar-refractivity contribution >= 4 is 33.0 Å². The molecule has 0 aliphatic rings. The highest BCUT2D eigenvalue weighted by Gasteiger charge is 2.16. The van der Waals surface area contributed by atoms with Crippen molar-refractivity contribution in [3.8, 4) is 11.4 Å². The van der Waals surface area contributed by atoms with Crippen molar-refractivity contribution in [2.75, 3.05) is 6.61 Å². The summed E-state index contributed by atoms with van der Waals surface area (Å²) in [6.07, 6.45) is 4.33. The summed E-state index contributed by atoms with van der Waals surface area (Å²) in [5.74, 6) is 1.54. The molecule has 4 rings (SSSR count). The highest BCUT2D eigenvalue weighted by molar-refractivity contribution is 9.10. The fraction of sp³-hybridized carbons (Fsp3) is 0.250. The second kappa shape index (κ2) is 10.4. The van der Waals surface area contributed by atoms with Crippen LogP contribution in [-0.4, -0.2) is 27.0 Å². The maximum Gasteiger partial charge on any atom is 0.282 e. The molecule has 0 unspecified atom stereocenters. The van der Waals surface area contributed by atoms with Crippen LogP contribution in [0.5, 0.6) is 5.75 Å². The Hall–Kier alpha value is -3.45. The molecule has 180 valence electrons. The Morgan fingerprint density at radius 2 is 1.91 bits per heavy atom. The number of benzene rings is 2. The van der Waals surface area contributed by atoms with Gasteiger partial charge >= 0.3 is 0 Å². The van der Waals surface area contributed by atoms with Gasteiger partial charge in [0, 0.05) is 33.0 Å². The minimum Gasteiger partial charge on any atom is -0.490 e. The van der Waals surface area contributed by atoms with Crippen LogP contribution in [0.25, 0.3) is 16.6 Å². The van der Waals surface area contributed by atoms with E-state index in [2.05, 4.69) is 59.0 Å². The molecule has 2 aromatic heterocycles. The van der Waals surface area contributed by atoms with E-state index in [0.29, 0.717) is 23.3 Å². The van der Waals surface area contributed by atoms with Crippen LogP contribution >= 0.6 is 15.9 Å². The van der Waals surface area contributed by atoms with E-state index in [9.17, 15) is 4.79 Å². The zero-order valence-electron chi connectivity index (χ0n) is 20.5. The molecule has 1 atom stereocenters. The average Bonchev–Trinajstić information content (AvgIpc) is 3.14. The lowest BCUT2D eigenvalue weighted by atomic mass is 10.1. The van der Waals surface area contributed by atoms with Gasteiger partial charge in [0.15, 0.2) is 0 Å². The van der Waals surface area contributed by atoms with Gasteiger partial charge in [-0.15, -0.1) is 0 Å². The zero-order valence-corrected chi connectivity index (χ0v) is 22.0. The number of rotatable bonds is 8. The van der Waals surface area contributed by atoms with Crippen LogP contribution in [0.1, 0.15) is 49.0 Å². The highest BCUT2D eigenvalue weighted by atomic mass is 79.9. The number of hydrogen-bond donors (Lipinski definition) is 0. The highest BCUT2D eigenvalue weighted by Crippen LogP contribution is 2.23. The maximum atomic E-state index is 13.4. The van der Waals surface area contributed by atoms with E-state index >= 15 is 0 Å². The van der Waals surface area contributed by atoms with Crippen molar-refractivity contribution in [2.45, 2.75) is 40.0 Å². The van der Waals surface area contributed by atoms with Gasteiger partial charge in [-0.1, -0.05) is 42.4 Å². The monoisotopic (exact) mass is 532 g/mol. The lowest BCUT2D eigenvalue weighted by Crippen LogP contribution is -2.23. The second-order valence-electron chi connectivity index (χ2n) is 8.56. The standard InChI is InChI=1S/C28H29BrN4O2/c1-6-14-35-24-11-9-23(10-12-24)32-19(4)15-21(20(32)5)17-30-33-27(18(3)7-2)31-26-13-8-22(29)16-25(26)28(33)34/h6,8-13,15-18H,1,7,14H2,2-5H3/t18-/m0/s1. The van der Waals surface area contributed by atoms with Crippen molar-refractivity contribution in [3.63, 3.8) is 0 Å². The quantitative estimate of drug-likeness (QED) is 0.191. The van der Waals surface area contributed by atoms with Crippen molar-refractivity contribution in [3.05, 3.63) is 98.8 Å². The van der Waals surface area contributed by atoms with E-state index in [1.54, 1.807) is 18.4 Å². The van der Waals surface area contributed by atoms with Crippen LogP contribution < -0.4 is 10.3 Å². The van der Waals surface area contributed by atoms with Gasteiger partial charge in [0.25, 0.3) is 5.56 Å². The van der Waals surface area contributed by atoms with Crippen molar-refractivity contribution in [2.24, 2.45) is 5.10 Å². The summed E-state index contributed by atoms with van der Waals surface area (Å²) in [6, 6.07) is 15.6. The molecule has 0 amide bonds. The Kier molecular flexibility index (Phi) is 7.36. The Balaban J connectivity index is 1.75. The van der Waals surface area contributed by atoms with Crippen LogP contribution in [-0.2, 0) is 0 Å². The number of hydrogen-bond acceptors (Lipinski definition) is 4. The number of nitrogens with zero attached hydrogens (tertiary/aromatic N) is 4. The smallest absolute Gasteiger partial charge is 0.282 e. The van der Waals surface area contributed by atoms with Gasteiger partial charge in [-0.3, -0.25) is 4.79 Å². The molecule has 0 aliphatic heterocycles. The molecule has 0 saturated carbocycles. The number of aromatic nitrogens is 3. The molecule has 0 aliphatic carbocycles. The van der Waals surface area contributed by atoms with Crippen LogP contribution in [0.3, 0.4) is 0 Å². The topological polar surface area (TPSA) is 61.4 Å². The summed E-state index contributed by atoms with van der Waals surface area (Å²) in [5.41, 5.74) is 4.57. The van der Waals surface area contributed by atoms with Gasteiger partial charge in [0.2, 0.25) is 0 Å². The SMILES string of the molecule is C=CCOc1ccc(-n2c(C)cc(C=Nn3c([C@@H](C)CC)nc4ccc(Br)cc4c3=O)c2C)cc1. The molecule has 0 radical (unpaired) electrons. The molecule has 0 bridgehead atoms. The summed E-state index contributed by atoms with van der Waals surface area (Å²) in [5, 5.41) is 5.18. The first-order valence-electron chi connectivity index (χ1n) is 11.6. The number of ether oxygens (including phenoxy) is 1. The Morgan fingerprint density at radius 1 is 1.17 bits per heavy atom. The van der Waals surface area contributed by atoms with E-state index in [-0.39, 0.29) is 11.5 Å².